The molecule has 1 aliphatic rings. The lowest BCUT2D eigenvalue weighted by molar-refractivity contribution is -0.344. The minimum atomic E-state index is -4.67. The average molecular weight is 648 g/mol. The predicted molar refractivity (Wildman–Crippen MR) is 171 cm³/mol. The number of carbonyl (C=O) groups is 1. The topological polar surface area (TPSA) is 97.5 Å². The maximum atomic E-state index is 13.3. The van der Waals surface area contributed by atoms with E-state index in [0.29, 0.717) is 42.7 Å². The maximum Gasteiger partial charge on any atom is 0.522 e. The number of pyridine rings is 1. The number of ketones is 1. The molecule has 0 aliphatic carbocycles. The third-order valence-electron chi connectivity index (χ3n) is 8.24. The first kappa shape index (κ1) is 32.0. The predicted octanol–water partition coefficient (Wildman–Crippen LogP) is 7.18. The summed E-state index contributed by atoms with van der Waals surface area (Å²) >= 11 is 0. The molecule has 47 heavy (non-hydrogen) atoms. The second-order valence-electron chi connectivity index (χ2n) is 11.8. The van der Waals surface area contributed by atoms with Gasteiger partial charge in [-0.1, -0.05) is 62.9 Å². The molecule has 6 rings (SSSR count). The van der Waals surface area contributed by atoms with Crippen molar-refractivity contribution in [1.29, 1.82) is 0 Å². The lowest BCUT2D eigenvalue weighted by Crippen LogP contribution is -2.40. The molecule has 1 aliphatic heterocycles. The zero-order valence-corrected chi connectivity index (χ0v) is 25.9. The summed E-state index contributed by atoms with van der Waals surface area (Å²) in [5, 5.41) is 9.69. The molecule has 0 bridgehead atoms. The highest BCUT2D eigenvalue weighted by Crippen LogP contribution is 2.32. The van der Waals surface area contributed by atoms with Gasteiger partial charge in [-0.15, -0.1) is 13.2 Å². The Morgan fingerprint density at radius 1 is 1.11 bits per heavy atom. The molecule has 5 aromatic rings. The number of piperidine rings is 1. The van der Waals surface area contributed by atoms with E-state index >= 15 is 0 Å². The van der Waals surface area contributed by atoms with Crippen LogP contribution in [0.25, 0.3) is 27.7 Å². The molecule has 1 saturated heterocycles. The number of aromatic nitrogens is 5. The van der Waals surface area contributed by atoms with Crippen molar-refractivity contribution in [2.24, 2.45) is 0 Å². The Kier molecular flexibility index (Phi) is 8.91. The van der Waals surface area contributed by atoms with E-state index in [4.69, 9.17) is 9.97 Å². The Morgan fingerprint density at radius 3 is 2.60 bits per heavy atom. The van der Waals surface area contributed by atoms with E-state index in [2.05, 4.69) is 26.7 Å². The van der Waals surface area contributed by atoms with Crippen LogP contribution < -0.4 is 10.2 Å². The molecule has 244 valence electrons. The van der Waals surface area contributed by atoms with E-state index in [-0.39, 0.29) is 25.2 Å². The van der Waals surface area contributed by atoms with Crippen molar-refractivity contribution in [2.75, 3.05) is 23.3 Å². The molecule has 1 N–H and O–H groups in total. The summed E-state index contributed by atoms with van der Waals surface area (Å²) in [7, 11) is 0. The SMILES string of the molecule is C=C(F)C(=O)Cc1ccc2c(-c3ccccc3CNc3nc(N4CCC(OC(F)(F)F)CC4)nc4c(C(C)C)cnn34)nccc2c1. The largest absolute Gasteiger partial charge is 0.522 e. The van der Waals surface area contributed by atoms with Crippen molar-refractivity contribution in [3.05, 3.63) is 90.0 Å². The molecule has 13 heteroatoms. The number of benzene rings is 2. The molecule has 3 aromatic heterocycles. The van der Waals surface area contributed by atoms with Gasteiger partial charge in [0.1, 0.15) is 0 Å². The molecule has 0 amide bonds. The van der Waals surface area contributed by atoms with Crippen LogP contribution in [0.5, 0.6) is 0 Å². The lowest BCUT2D eigenvalue weighted by atomic mass is 9.97. The summed E-state index contributed by atoms with van der Waals surface area (Å²) < 4.78 is 57.6. The Balaban J connectivity index is 1.29. The van der Waals surface area contributed by atoms with Crippen LogP contribution >= 0.6 is 0 Å². The minimum absolute atomic E-state index is 0.0792. The standard InChI is InChI=1S/C34H33F4N7O2/c1-20(2)28-19-41-45-31(28)42-33(44-14-11-25(12-15-44)47-34(36,37)38)43-32(45)40-18-24-6-4-5-7-26(24)30-27-9-8-22(17-29(46)21(3)35)16-23(27)10-13-39-30/h4-10,13,16,19-20,25H,3,11-12,14-15,17-18H2,1-2H3,(H,40,42,43). The highest BCUT2D eigenvalue weighted by molar-refractivity contribution is 5.98. The molecule has 1 fully saturated rings. The first-order chi connectivity index (χ1) is 22.5. The van der Waals surface area contributed by atoms with E-state index in [0.717, 1.165) is 33.2 Å². The molecule has 0 unspecified atom stereocenters. The van der Waals surface area contributed by atoms with Crippen LogP contribution in [0.1, 0.15) is 49.3 Å². The summed E-state index contributed by atoms with van der Waals surface area (Å²) in [6, 6.07) is 15.2. The summed E-state index contributed by atoms with van der Waals surface area (Å²) in [5.41, 5.74) is 4.77. The number of carbonyl (C=O) groups excluding carboxylic acids is 1. The second-order valence-corrected chi connectivity index (χ2v) is 11.8. The molecular weight excluding hydrogens is 614 g/mol. The van der Waals surface area contributed by atoms with Crippen molar-refractivity contribution >= 4 is 34.1 Å². The fourth-order valence-corrected chi connectivity index (χ4v) is 5.82. The van der Waals surface area contributed by atoms with E-state index in [1.807, 2.05) is 61.2 Å². The van der Waals surface area contributed by atoms with Crippen LogP contribution in [0.15, 0.2) is 73.3 Å². The number of rotatable bonds is 10. The molecule has 4 heterocycles. The number of allylic oxidation sites excluding steroid dienone is 1. The van der Waals surface area contributed by atoms with Crippen LogP contribution in [0.2, 0.25) is 0 Å². The molecule has 9 nitrogen and oxygen atoms in total. The van der Waals surface area contributed by atoms with Crippen LogP contribution in [-0.2, 0) is 22.5 Å². The lowest BCUT2D eigenvalue weighted by Gasteiger charge is -2.32. The summed E-state index contributed by atoms with van der Waals surface area (Å²) in [6.07, 6.45) is -1.81. The Labute approximate surface area is 268 Å². The number of fused-ring (bicyclic) bond motifs is 2. The van der Waals surface area contributed by atoms with E-state index in [1.54, 1.807) is 23.0 Å². The van der Waals surface area contributed by atoms with Gasteiger partial charge < -0.3 is 10.2 Å². The van der Waals surface area contributed by atoms with Gasteiger partial charge in [0.2, 0.25) is 11.9 Å². The van der Waals surface area contributed by atoms with Crippen molar-refractivity contribution in [1.82, 2.24) is 24.6 Å². The number of nitrogens with zero attached hydrogens (tertiary/aromatic N) is 6. The first-order valence-electron chi connectivity index (χ1n) is 15.3. The van der Waals surface area contributed by atoms with E-state index < -0.39 is 24.1 Å². The number of alkyl halides is 3. The van der Waals surface area contributed by atoms with Gasteiger partial charge in [-0.3, -0.25) is 14.5 Å². The van der Waals surface area contributed by atoms with Gasteiger partial charge in [0.15, 0.2) is 17.3 Å². The normalized spacial score (nSPS) is 14.3. The zero-order valence-electron chi connectivity index (χ0n) is 25.9. The van der Waals surface area contributed by atoms with Gasteiger partial charge in [-0.2, -0.15) is 19.6 Å². The van der Waals surface area contributed by atoms with Crippen LogP contribution in [0.3, 0.4) is 0 Å². The second kappa shape index (κ2) is 13.1. The zero-order chi connectivity index (χ0) is 33.3. The highest BCUT2D eigenvalue weighted by atomic mass is 19.4. The van der Waals surface area contributed by atoms with Crippen LogP contribution in [0.4, 0.5) is 29.5 Å². The molecule has 2 aromatic carbocycles. The van der Waals surface area contributed by atoms with E-state index in [1.165, 1.54) is 0 Å². The first-order valence-corrected chi connectivity index (χ1v) is 15.3. The number of nitrogens with one attached hydrogen (secondary N) is 1. The average Bonchev–Trinajstić information content (AvgIpc) is 3.48. The van der Waals surface area contributed by atoms with Crippen molar-refractivity contribution in [3.8, 4) is 11.3 Å². The number of hydrogen-bond donors (Lipinski definition) is 1. The van der Waals surface area contributed by atoms with Crippen LogP contribution in [-0.4, -0.2) is 55.9 Å². The molecular formula is C34H33F4N7O2. The van der Waals surface area contributed by atoms with Gasteiger partial charge in [0, 0.05) is 48.8 Å². The number of ether oxygens (including phenoxy) is 1. The molecule has 0 spiro atoms. The maximum absolute atomic E-state index is 13.3. The van der Waals surface area contributed by atoms with Crippen molar-refractivity contribution < 1.29 is 27.1 Å². The summed E-state index contributed by atoms with van der Waals surface area (Å²) in [5.74, 6) is -0.653. The third kappa shape index (κ3) is 7.09. The fraction of sp³-hybridized carbons (Fsp3) is 0.324. The number of Topliss-reactive ketones (excluding diaryl/α,β-unsaturated/α-hetero) is 1. The van der Waals surface area contributed by atoms with Crippen molar-refractivity contribution in [3.63, 3.8) is 0 Å². The number of hydrogen-bond acceptors (Lipinski definition) is 8. The van der Waals surface area contributed by atoms with Gasteiger partial charge in [0.25, 0.3) is 0 Å². The van der Waals surface area contributed by atoms with Crippen molar-refractivity contribution in [2.45, 2.75) is 58.0 Å². The molecule has 0 radical (unpaired) electrons. The van der Waals surface area contributed by atoms with Gasteiger partial charge >= 0.3 is 6.36 Å². The third-order valence-corrected chi connectivity index (χ3v) is 8.24. The smallest absolute Gasteiger partial charge is 0.350 e. The Bertz CT molecular complexity index is 1950. The van der Waals surface area contributed by atoms with Gasteiger partial charge in [0.05, 0.1) is 18.0 Å². The van der Waals surface area contributed by atoms with Crippen LogP contribution in [0, 0.1) is 0 Å². The summed E-state index contributed by atoms with van der Waals surface area (Å²) in [4.78, 5) is 28.0. The van der Waals surface area contributed by atoms with E-state index in [9.17, 15) is 22.4 Å². The quantitative estimate of drug-likeness (QED) is 0.126. The monoisotopic (exact) mass is 647 g/mol. The minimum Gasteiger partial charge on any atom is -0.350 e. The number of anilines is 2. The molecule has 0 saturated carbocycles. The van der Waals surface area contributed by atoms with Gasteiger partial charge in [-0.05, 0) is 41.3 Å². The Hall–Kier alpha value is -4.91. The Morgan fingerprint density at radius 2 is 1.87 bits per heavy atom. The van der Waals surface area contributed by atoms with Gasteiger partial charge in [-0.25, -0.2) is 4.39 Å². The highest BCUT2D eigenvalue weighted by Gasteiger charge is 2.35. The fourth-order valence-electron chi connectivity index (χ4n) is 5.82. The molecule has 0 atom stereocenters. The summed E-state index contributed by atoms with van der Waals surface area (Å²) in [6.45, 7) is 8.16. The number of halogens is 4.